The van der Waals surface area contributed by atoms with Crippen molar-refractivity contribution < 1.29 is 8.42 Å². The minimum Gasteiger partial charge on any atom is -0.250 e. The molecule has 22 heavy (non-hydrogen) atoms. The van der Waals surface area contributed by atoms with Crippen LogP contribution in [0.3, 0.4) is 0 Å². The van der Waals surface area contributed by atoms with Crippen molar-refractivity contribution in [3.8, 4) is 0 Å². The zero-order valence-corrected chi connectivity index (χ0v) is 13.5. The van der Waals surface area contributed by atoms with Crippen LogP contribution in [0.15, 0.2) is 36.9 Å². The number of nitrogens with one attached hydrogen (secondary N) is 1. The largest absolute Gasteiger partial charge is 0.250 e. The molecule has 1 heterocycles. The summed E-state index contributed by atoms with van der Waals surface area (Å²) in [6.07, 6.45) is 5.06. The van der Waals surface area contributed by atoms with Crippen LogP contribution in [-0.4, -0.2) is 29.7 Å². The summed E-state index contributed by atoms with van der Waals surface area (Å²) in [5.41, 5.74) is 0.728. The van der Waals surface area contributed by atoms with Crippen molar-refractivity contribution in [3.63, 3.8) is 0 Å². The molecule has 6 nitrogen and oxygen atoms in total. The molecule has 0 spiro atoms. The van der Waals surface area contributed by atoms with E-state index >= 15 is 0 Å². The van der Waals surface area contributed by atoms with E-state index in [4.69, 9.17) is 11.6 Å². The van der Waals surface area contributed by atoms with Gasteiger partial charge in [0, 0.05) is 11.6 Å². The lowest BCUT2D eigenvalue weighted by Gasteiger charge is -2.35. The summed E-state index contributed by atoms with van der Waals surface area (Å²) in [6.45, 7) is 0.473. The number of hydrogen-bond donors (Lipinski definition) is 1. The summed E-state index contributed by atoms with van der Waals surface area (Å²) in [5, 5.41) is 4.70. The Morgan fingerprint density at radius 2 is 2.00 bits per heavy atom. The fraction of sp³-hybridized carbons (Fsp3) is 0.429. The van der Waals surface area contributed by atoms with E-state index in [0.717, 1.165) is 18.4 Å². The Morgan fingerprint density at radius 3 is 2.64 bits per heavy atom. The molecule has 1 fully saturated rings. The highest BCUT2D eigenvalue weighted by Crippen LogP contribution is 2.36. The molecule has 0 saturated heterocycles. The molecule has 1 saturated carbocycles. The Kier molecular flexibility index (Phi) is 4.46. The van der Waals surface area contributed by atoms with E-state index in [1.807, 2.05) is 4.68 Å². The molecule has 0 atom stereocenters. The van der Waals surface area contributed by atoms with Crippen LogP contribution in [0.25, 0.3) is 0 Å². The van der Waals surface area contributed by atoms with Crippen molar-refractivity contribution >= 4 is 21.6 Å². The molecule has 2 aromatic rings. The van der Waals surface area contributed by atoms with Crippen molar-refractivity contribution in [1.29, 1.82) is 0 Å². The van der Waals surface area contributed by atoms with Gasteiger partial charge in [0.15, 0.2) is 0 Å². The lowest BCUT2D eigenvalue weighted by Crippen LogP contribution is -2.37. The second-order valence-electron chi connectivity index (χ2n) is 5.60. The molecule has 1 aromatic heterocycles. The lowest BCUT2D eigenvalue weighted by molar-refractivity contribution is 0.185. The van der Waals surface area contributed by atoms with Gasteiger partial charge in [0.25, 0.3) is 0 Å². The highest BCUT2D eigenvalue weighted by atomic mass is 35.5. The first-order valence-electron chi connectivity index (χ1n) is 7.08. The molecule has 8 heteroatoms. The van der Waals surface area contributed by atoms with E-state index in [2.05, 4.69) is 14.8 Å². The van der Waals surface area contributed by atoms with Gasteiger partial charge in [-0.2, -0.15) is 5.10 Å². The minimum atomic E-state index is -3.32. The molecule has 0 bridgehead atoms. The Hall–Kier alpha value is -1.44. The standard InChI is InChI=1S/C14H17ClN4O2S/c15-13-3-1-11(2-4-13)8-22(20,21)18-7-12-5-14(6-12)19-10-16-9-17-19/h1-4,9-10,12,14,18H,5-8H2. The third-order valence-corrected chi connectivity index (χ3v) is 5.46. The van der Waals surface area contributed by atoms with Crippen LogP contribution >= 0.6 is 11.6 Å². The molecule has 1 aliphatic carbocycles. The molecule has 3 rings (SSSR count). The predicted molar refractivity (Wildman–Crippen MR) is 83.9 cm³/mol. The fourth-order valence-electron chi connectivity index (χ4n) is 2.59. The van der Waals surface area contributed by atoms with Crippen molar-refractivity contribution in [2.45, 2.75) is 24.6 Å². The van der Waals surface area contributed by atoms with E-state index in [0.29, 0.717) is 23.5 Å². The first kappa shape index (κ1) is 15.5. The Labute approximate surface area is 134 Å². The first-order valence-corrected chi connectivity index (χ1v) is 9.11. The van der Waals surface area contributed by atoms with Crippen LogP contribution in [0.1, 0.15) is 24.4 Å². The number of nitrogens with zero attached hydrogens (tertiary/aromatic N) is 3. The van der Waals surface area contributed by atoms with Gasteiger partial charge in [-0.3, -0.25) is 0 Å². The van der Waals surface area contributed by atoms with Gasteiger partial charge >= 0.3 is 0 Å². The summed E-state index contributed by atoms with van der Waals surface area (Å²) in [5.74, 6) is 0.331. The second kappa shape index (κ2) is 6.36. The number of benzene rings is 1. The summed E-state index contributed by atoms with van der Waals surface area (Å²) < 4.78 is 28.7. The molecule has 0 unspecified atom stereocenters. The monoisotopic (exact) mass is 340 g/mol. The lowest BCUT2D eigenvalue weighted by atomic mass is 9.80. The second-order valence-corrected chi connectivity index (χ2v) is 7.84. The quantitative estimate of drug-likeness (QED) is 0.872. The number of hydrogen-bond acceptors (Lipinski definition) is 4. The average molecular weight is 341 g/mol. The van der Waals surface area contributed by atoms with Gasteiger partial charge in [0.1, 0.15) is 12.7 Å². The molecular weight excluding hydrogens is 324 g/mol. The smallest absolute Gasteiger partial charge is 0.215 e. The normalized spacial score (nSPS) is 21.5. The molecule has 1 aromatic carbocycles. The van der Waals surface area contributed by atoms with Crippen LogP contribution in [0.5, 0.6) is 0 Å². The van der Waals surface area contributed by atoms with Crippen LogP contribution in [-0.2, 0) is 15.8 Å². The third-order valence-electron chi connectivity index (χ3n) is 3.88. The van der Waals surface area contributed by atoms with Gasteiger partial charge in [-0.05, 0) is 36.5 Å². The Morgan fingerprint density at radius 1 is 1.27 bits per heavy atom. The van der Waals surface area contributed by atoms with Gasteiger partial charge in [0.05, 0.1) is 11.8 Å². The summed E-state index contributed by atoms with van der Waals surface area (Å²) in [7, 11) is -3.32. The maximum atomic E-state index is 12.1. The Balaban J connectivity index is 1.46. The highest BCUT2D eigenvalue weighted by molar-refractivity contribution is 7.88. The average Bonchev–Trinajstić information content (AvgIpc) is 2.93. The third kappa shape index (κ3) is 3.85. The van der Waals surface area contributed by atoms with Gasteiger partial charge in [-0.25, -0.2) is 22.8 Å². The van der Waals surface area contributed by atoms with E-state index in [-0.39, 0.29) is 5.75 Å². The number of halogens is 1. The molecule has 1 N–H and O–H groups in total. The number of rotatable bonds is 6. The Bertz CT molecular complexity index is 710. The van der Waals surface area contributed by atoms with Crippen LogP contribution in [0.2, 0.25) is 5.02 Å². The SMILES string of the molecule is O=S(=O)(Cc1ccc(Cl)cc1)NCC1CC(n2cncn2)C1. The predicted octanol–water partition coefficient (Wildman–Crippen LogP) is 2.00. The minimum absolute atomic E-state index is 0.0244. The van der Waals surface area contributed by atoms with Crippen molar-refractivity contribution in [2.75, 3.05) is 6.54 Å². The van der Waals surface area contributed by atoms with Crippen molar-refractivity contribution in [1.82, 2.24) is 19.5 Å². The summed E-state index contributed by atoms with van der Waals surface area (Å²) >= 11 is 5.79. The maximum absolute atomic E-state index is 12.1. The maximum Gasteiger partial charge on any atom is 0.215 e. The molecule has 1 aliphatic rings. The molecule has 0 radical (unpaired) electrons. The molecular formula is C14H17ClN4O2S. The fourth-order valence-corrected chi connectivity index (χ4v) is 3.93. The van der Waals surface area contributed by atoms with E-state index in [9.17, 15) is 8.42 Å². The molecule has 118 valence electrons. The van der Waals surface area contributed by atoms with Gasteiger partial charge < -0.3 is 0 Å². The summed E-state index contributed by atoms with van der Waals surface area (Å²) in [6, 6.07) is 7.19. The highest BCUT2D eigenvalue weighted by Gasteiger charge is 2.31. The van der Waals surface area contributed by atoms with Gasteiger partial charge in [-0.15, -0.1) is 0 Å². The molecule has 0 amide bonds. The number of aromatic nitrogens is 3. The van der Waals surface area contributed by atoms with Gasteiger partial charge in [-0.1, -0.05) is 23.7 Å². The summed E-state index contributed by atoms with van der Waals surface area (Å²) in [4.78, 5) is 3.92. The van der Waals surface area contributed by atoms with E-state index in [1.54, 1.807) is 30.6 Å². The van der Waals surface area contributed by atoms with E-state index < -0.39 is 10.0 Å². The van der Waals surface area contributed by atoms with Crippen LogP contribution < -0.4 is 4.72 Å². The zero-order valence-electron chi connectivity index (χ0n) is 11.9. The van der Waals surface area contributed by atoms with Crippen LogP contribution in [0, 0.1) is 5.92 Å². The topological polar surface area (TPSA) is 76.9 Å². The van der Waals surface area contributed by atoms with Gasteiger partial charge in [0.2, 0.25) is 10.0 Å². The van der Waals surface area contributed by atoms with E-state index in [1.165, 1.54) is 6.33 Å². The van der Waals surface area contributed by atoms with Crippen LogP contribution in [0.4, 0.5) is 0 Å². The van der Waals surface area contributed by atoms with Crippen molar-refractivity contribution in [2.24, 2.45) is 5.92 Å². The van der Waals surface area contributed by atoms with Crippen molar-refractivity contribution in [3.05, 3.63) is 47.5 Å². The zero-order chi connectivity index (χ0) is 15.6. The first-order chi connectivity index (χ1) is 10.5. The molecule has 0 aliphatic heterocycles. The number of sulfonamides is 1.